The van der Waals surface area contributed by atoms with E-state index in [0.29, 0.717) is 13.2 Å². The molecular formula is C15H27NO3. The molecule has 1 saturated carbocycles. The van der Waals surface area contributed by atoms with Crippen LogP contribution in [0.2, 0.25) is 0 Å². The van der Waals surface area contributed by atoms with Crippen molar-refractivity contribution in [3.8, 4) is 0 Å². The smallest absolute Gasteiger partial charge is 0.170 e. The van der Waals surface area contributed by atoms with Crippen LogP contribution < -0.4 is 0 Å². The van der Waals surface area contributed by atoms with E-state index in [0.717, 1.165) is 44.2 Å². The molecule has 4 nitrogen and oxygen atoms in total. The maximum absolute atomic E-state index is 10.4. The van der Waals surface area contributed by atoms with Crippen LogP contribution in [-0.4, -0.2) is 54.2 Å². The molecule has 4 atom stereocenters. The van der Waals surface area contributed by atoms with E-state index in [1.54, 1.807) is 0 Å². The lowest BCUT2D eigenvalue weighted by Crippen LogP contribution is -2.56. The largest absolute Gasteiger partial charge is 0.391 e. The van der Waals surface area contributed by atoms with E-state index in [-0.39, 0.29) is 12.1 Å². The first kappa shape index (κ1) is 13.8. The second-order valence-corrected chi connectivity index (χ2v) is 6.89. The minimum absolute atomic E-state index is 0.206. The second kappa shape index (κ2) is 5.32. The lowest BCUT2D eigenvalue weighted by molar-refractivity contribution is -0.207. The molecule has 4 unspecified atom stereocenters. The second-order valence-electron chi connectivity index (χ2n) is 6.89. The molecule has 110 valence electrons. The summed E-state index contributed by atoms with van der Waals surface area (Å²) in [6, 6.07) is 0.206. The molecule has 2 heterocycles. The lowest BCUT2D eigenvalue weighted by atomic mass is 9.83. The Kier molecular flexibility index (Phi) is 3.87. The van der Waals surface area contributed by atoms with E-state index in [2.05, 4.69) is 18.7 Å². The van der Waals surface area contributed by atoms with Gasteiger partial charge in [0.05, 0.1) is 19.3 Å². The zero-order chi connectivity index (χ0) is 13.5. The minimum atomic E-state index is -0.395. The minimum Gasteiger partial charge on any atom is -0.391 e. The van der Waals surface area contributed by atoms with Gasteiger partial charge >= 0.3 is 0 Å². The van der Waals surface area contributed by atoms with Crippen LogP contribution in [0.4, 0.5) is 0 Å². The van der Waals surface area contributed by atoms with E-state index in [1.165, 1.54) is 6.42 Å². The Morgan fingerprint density at radius 3 is 2.37 bits per heavy atom. The Morgan fingerprint density at radius 2 is 1.74 bits per heavy atom. The molecule has 19 heavy (non-hydrogen) atoms. The fourth-order valence-electron chi connectivity index (χ4n) is 4.23. The van der Waals surface area contributed by atoms with E-state index in [4.69, 9.17) is 9.47 Å². The molecule has 0 aromatic rings. The van der Waals surface area contributed by atoms with Gasteiger partial charge in [0.2, 0.25) is 0 Å². The quantitative estimate of drug-likeness (QED) is 0.785. The van der Waals surface area contributed by atoms with Crippen molar-refractivity contribution in [3.63, 3.8) is 0 Å². The lowest BCUT2D eigenvalue weighted by Gasteiger charge is -2.47. The van der Waals surface area contributed by atoms with Crippen molar-refractivity contribution in [2.24, 2.45) is 11.8 Å². The molecule has 2 aliphatic heterocycles. The Balaban J connectivity index is 1.70. The van der Waals surface area contributed by atoms with Crippen LogP contribution in [0.25, 0.3) is 0 Å². The first-order valence-electron chi connectivity index (χ1n) is 7.78. The van der Waals surface area contributed by atoms with Gasteiger partial charge in [-0.25, -0.2) is 0 Å². The molecule has 2 saturated heterocycles. The molecule has 3 fully saturated rings. The summed E-state index contributed by atoms with van der Waals surface area (Å²) in [4.78, 5) is 2.48. The Hall–Kier alpha value is -0.160. The van der Waals surface area contributed by atoms with Gasteiger partial charge in [0.15, 0.2) is 5.79 Å². The van der Waals surface area contributed by atoms with Crippen LogP contribution in [0.3, 0.4) is 0 Å². The number of likely N-dealkylation sites (tertiary alicyclic amines) is 1. The summed E-state index contributed by atoms with van der Waals surface area (Å²) in [6.07, 6.45) is 3.54. The summed E-state index contributed by atoms with van der Waals surface area (Å²) in [7, 11) is 0. The first-order valence-corrected chi connectivity index (χ1v) is 7.78. The maximum Gasteiger partial charge on any atom is 0.170 e. The molecule has 0 amide bonds. The van der Waals surface area contributed by atoms with E-state index in [1.807, 2.05) is 0 Å². The van der Waals surface area contributed by atoms with Crippen molar-refractivity contribution in [1.82, 2.24) is 4.90 Å². The molecule has 1 N–H and O–H groups in total. The van der Waals surface area contributed by atoms with Gasteiger partial charge in [0.1, 0.15) is 0 Å². The highest BCUT2D eigenvalue weighted by Crippen LogP contribution is 2.39. The summed E-state index contributed by atoms with van der Waals surface area (Å²) in [5.74, 6) is 1.05. The van der Waals surface area contributed by atoms with Gasteiger partial charge in [-0.3, -0.25) is 4.90 Å². The highest BCUT2D eigenvalue weighted by atomic mass is 16.7. The van der Waals surface area contributed by atoms with Crippen molar-refractivity contribution < 1.29 is 14.6 Å². The van der Waals surface area contributed by atoms with Crippen LogP contribution in [-0.2, 0) is 9.47 Å². The van der Waals surface area contributed by atoms with Gasteiger partial charge in [0.25, 0.3) is 0 Å². The molecule has 0 radical (unpaired) electrons. The van der Waals surface area contributed by atoms with Crippen LogP contribution in [0.5, 0.6) is 0 Å². The van der Waals surface area contributed by atoms with Gasteiger partial charge in [-0.05, 0) is 24.7 Å². The number of nitrogens with zero attached hydrogens (tertiary/aromatic N) is 1. The van der Waals surface area contributed by atoms with Gasteiger partial charge < -0.3 is 14.6 Å². The standard InChI is InChI=1S/C15H27NO3/c1-11-7-12(2)10-16(9-11)13-8-15(4-3-14(13)17)18-5-6-19-15/h11-14,17H,3-10H2,1-2H3. The number of hydrogen-bond donors (Lipinski definition) is 1. The van der Waals surface area contributed by atoms with Gasteiger partial charge in [-0.1, -0.05) is 13.8 Å². The first-order chi connectivity index (χ1) is 9.08. The summed E-state index contributed by atoms with van der Waals surface area (Å²) >= 11 is 0. The third kappa shape index (κ3) is 2.82. The number of rotatable bonds is 1. The maximum atomic E-state index is 10.4. The van der Waals surface area contributed by atoms with Crippen LogP contribution in [0.1, 0.15) is 39.5 Å². The summed E-state index contributed by atoms with van der Waals surface area (Å²) in [6.45, 7) is 8.24. The predicted octanol–water partition coefficient (Wildman–Crippen LogP) is 1.62. The molecule has 1 aliphatic carbocycles. The van der Waals surface area contributed by atoms with Gasteiger partial charge in [0, 0.05) is 32.0 Å². The normalized spacial score (nSPS) is 43.7. The summed E-state index contributed by atoms with van der Waals surface area (Å²) in [5, 5.41) is 10.4. The Morgan fingerprint density at radius 1 is 1.11 bits per heavy atom. The summed E-state index contributed by atoms with van der Waals surface area (Å²) < 4.78 is 11.7. The predicted molar refractivity (Wildman–Crippen MR) is 72.8 cm³/mol. The van der Waals surface area contributed by atoms with Crippen LogP contribution in [0.15, 0.2) is 0 Å². The number of hydrogen-bond acceptors (Lipinski definition) is 4. The monoisotopic (exact) mass is 269 g/mol. The van der Waals surface area contributed by atoms with E-state index >= 15 is 0 Å². The molecule has 0 aromatic heterocycles. The molecule has 0 aromatic carbocycles. The third-order valence-corrected chi connectivity index (χ3v) is 4.96. The van der Waals surface area contributed by atoms with Gasteiger partial charge in [-0.2, -0.15) is 0 Å². The third-order valence-electron chi connectivity index (χ3n) is 4.96. The van der Waals surface area contributed by atoms with Crippen molar-refractivity contribution in [3.05, 3.63) is 0 Å². The number of ether oxygens (including phenoxy) is 2. The van der Waals surface area contributed by atoms with E-state index in [9.17, 15) is 5.11 Å². The number of aliphatic hydroxyl groups excluding tert-OH is 1. The Labute approximate surface area is 116 Å². The van der Waals surface area contributed by atoms with Gasteiger partial charge in [-0.15, -0.1) is 0 Å². The van der Waals surface area contributed by atoms with Crippen molar-refractivity contribution in [2.75, 3.05) is 26.3 Å². The average molecular weight is 269 g/mol. The van der Waals surface area contributed by atoms with Crippen molar-refractivity contribution in [1.29, 1.82) is 0 Å². The molecule has 0 bridgehead atoms. The zero-order valence-electron chi connectivity index (χ0n) is 12.2. The van der Waals surface area contributed by atoms with E-state index < -0.39 is 5.79 Å². The van der Waals surface area contributed by atoms with Crippen molar-refractivity contribution >= 4 is 0 Å². The molecule has 1 spiro atoms. The van der Waals surface area contributed by atoms with Crippen molar-refractivity contribution in [2.45, 2.75) is 57.5 Å². The topological polar surface area (TPSA) is 41.9 Å². The molecule has 4 heteroatoms. The van der Waals surface area contributed by atoms with Crippen LogP contribution in [0, 0.1) is 11.8 Å². The zero-order valence-corrected chi connectivity index (χ0v) is 12.2. The molecular weight excluding hydrogens is 242 g/mol. The number of piperidine rings is 1. The molecule has 3 aliphatic rings. The SMILES string of the molecule is CC1CC(C)CN(C2CC3(CCC2O)OCCO3)C1. The van der Waals surface area contributed by atoms with Crippen LogP contribution >= 0.6 is 0 Å². The average Bonchev–Trinajstić information content (AvgIpc) is 2.80. The number of aliphatic hydroxyl groups is 1. The Bertz CT molecular complexity index is 307. The fraction of sp³-hybridized carbons (Fsp3) is 1.00. The highest BCUT2D eigenvalue weighted by Gasteiger charge is 2.47. The summed E-state index contributed by atoms with van der Waals surface area (Å²) in [5.41, 5.74) is 0. The highest BCUT2D eigenvalue weighted by molar-refractivity contribution is 4.94. The fourth-order valence-corrected chi connectivity index (χ4v) is 4.23. The molecule has 3 rings (SSSR count).